The molecule has 0 bridgehead atoms. The highest BCUT2D eigenvalue weighted by molar-refractivity contribution is 8.00. The van der Waals surface area contributed by atoms with E-state index < -0.39 is 0 Å². The van der Waals surface area contributed by atoms with Crippen LogP contribution in [0.25, 0.3) is 10.7 Å². The number of thioether (sulfide) groups is 1. The van der Waals surface area contributed by atoms with Crippen LogP contribution in [0.1, 0.15) is 23.5 Å². The van der Waals surface area contributed by atoms with Crippen LogP contribution >= 0.6 is 23.1 Å². The van der Waals surface area contributed by atoms with Crippen molar-refractivity contribution in [2.45, 2.75) is 24.0 Å². The first kappa shape index (κ1) is 16.7. The molecule has 0 saturated carbocycles. The smallest absolute Gasteiger partial charge is 0.267 e. The number of carbonyl (C=O) groups is 1. The van der Waals surface area contributed by atoms with Gasteiger partial charge in [-0.05, 0) is 24.3 Å². The van der Waals surface area contributed by atoms with E-state index in [9.17, 15) is 4.79 Å². The van der Waals surface area contributed by atoms with E-state index in [1.54, 1.807) is 24.2 Å². The van der Waals surface area contributed by atoms with Crippen molar-refractivity contribution >= 4 is 34.7 Å². The first-order chi connectivity index (χ1) is 11.6. The molecule has 0 atom stereocenters. The van der Waals surface area contributed by atoms with E-state index in [0.29, 0.717) is 10.1 Å². The van der Waals surface area contributed by atoms with Gasteiger partial charge in [0.25, 0.3) is 5.91 Å². The second-order valence-corrected chi connectivity index (χ2v) is 8.01. The number of anilines is 1. The molecule has 4 nitrogen and oxygen atoms in total. The predicted molar refractivity (Wildman–Crippen MR) is 101 cm³/mol. The molecule has 0 spiro atoms. The zero-order valence-electron chi connectivity index (χ0n) is 13.4. The van der Waals surface area contributed by atoms with Crippen molar-refractivity contribution in [3.63, 3.8) is 0 Å². The number of hydrogen-bond acceptors (Lipinski definition) is 5. The lowest BCUT2D eigenvalue weighted by Gasteiger charge is -2.11. The first-order valence-corrected chi connectivity index (χ1v) is 9.27. The van der Waals surface area contributed by atoms with Crippen LogP contribution in [0.5, 0.6) is 0 Å². The average Bonchev–Trinajstić information content (AvgIpc) is 3.07. The molecule has 0 aliphatic carbocycles. The maximum absolute atomic E-state index is 12.5. The number of amides is 1. The number of carbonyl (C=O) groups excluding carboxylic acids is 1. The number of nitrogens with one attached hydrogen (secondary N) is 1. The standard InChI is InChI=1S/C18H17N3OS2/c1-12(2)23-15-9-4-3-7-13(15)21-17(22)16-11-20-18(24-16)14-8-5-6-10-19-14/h3-12H,1-2H3,(H,21,22). The fraction of sp³-hybridized carbons (Fsp3) is 0.167. The van der Waals surface area contributed by atoms with E-state index in [2.05, 4.69) is 29.1 Å². The van der Waals surface area contributed by atoms with E-state index in [1.807, 2.05) is 42.5 Å². The van der Waals surface area contributed by atoms with Gasteiger partial charge in [0.1, 0.15) is 9.88 Å². The molecule has 2 heterocycles. The van der Waals surface area contributed by atoms with Crippen molar-refractivity contribution in [3.8, 4) is 10.7 Å². The maximum atomic E-state index is 12.5. The van der Waals surface area contributed by atoms with Crippen molar-refractivity contribution in [2.75, 3.05) is 5.32 Å². The van der Waals surface area contributed by atoms with Crippen LogP contribution < -0.4 is 5.32 Å². The highest BCUT2D eigenvalue weighted by atomic mass is 32.2. The molecule has 0 saturated heterocycles. The number of para-hydroxylation sites is 1. The molecule has 3 aromatic rings. The number of aromatic nitrogens is 2. The van der Waals surface area contributed by atoms with Crippen molar-refractivity contribution in [1.82, 2.24) is 9.97 Å². The second-order valence-electron chi connectivity index (χ2n) is 5.36. The summed E-state index contributed by atoms with van der Waals surface area (Å²) in [5.74, 6) is -0.147. The molecule has 0 aliphatic rings. The Balaban J connectivity index is 1.78. The van der Waals surface area contributed by atoms with Gasteiger partial charge in [0, 0.05) is 16.3 Å². The normalized spacial score (nSPS) is 10.8. The number of benzene rings is 1. The molecule has 0 aliphatic heterocycles. The topological polar surface area (TPSA) is 54.9 Å². The van der Waals surface area contributed by atoms with Crippen molar-refractivity contribution in [1.29, 1.82) is 0 Å². The van der Waals surface area contributed by atoms with Gasteiger partial charge in [-0.2, -0.15) is 0 Å². The van der Waals surface area contributed by atoms with Gasteiger partial charge >= 0.3 is 0 Å². The Bertz CT molecular complexity index is 831. The fourth-order valence-electron chi connectivity index (χ4n) is 2.10. The van der Waals surface area contributed by atoms with Crippen LogP contribution in [-0.4, -0.2) is 21.1 Å². The molecular weight excluding hydrogens is 338 g/mol. The average molecular weight is 355 g/mol. The Kier molecular flexibility index (Phi) is 5.27. The molecule has 0 fully saturated rings. The monoisotopic (exact) mass is 355 g/mol. The van der Waals surface area contributed by atoms with Gasteiger partial charge in [0.2, 0.25) is 0 Å². The maximum Gasteiger partial charge on any atom is 0.267 e. The van der Waals surface area contributed by atoms with Crippen molar-refractivity contribution in [3.05, 3.63) is 59.7 Å². The SMILES string of the molecule is CC(C)Sc1ccccc1NC(=O)c1cnc(-c2ccccn2)s1. The lowest BCUT2D eigenvalue weighted by Crippen LogP contribution is -2.11. The Labute approximate surface area is 149 Å². The molecule has 0 radical (unpaired) electrons. The summed E-state index contributed by atoms with van der Waals surface area (Å²) in [7, 11) is 0. The third-order valence-corrected chi connectivity index (χ3v) is 5.21. The summed E-state index contributed by atoms with van der Waals surface area (Å²) in [6, 6.07) is 13.5. The van der Waals surface area contributed by atoms with Crippen LogP contribution in [-0.2, 0) is 0 Å². The third-order valence-electron chi connectivity index (χ3n) is 3.11. The van der Waals surface area contributed by atoms with Gasteiger partial charge in [-0.1, -0.05) is 32.0 Å². The molecule has 1 aromatic carbocycles. The summed E-state index contributed by atoms with van der Waals surface area (Å²) in [6.07, 6.45) is 3.32. The summed E-state index contributed by atoms with van der Waals surface area (Å²) < 4.78 is 0. The van der Waals surface area contributed by atoms with E-state index in [-0.39, 0.29) is 5.91 Å². The summed E-state index contributed by atoms with van der Waals surface area (Å²) in [5.41, 5.74) is 1.60. The Morgan fingerprint density at radius 1 is 1.12 bits per heavy atom. The van der Waals surface area contributed by atoms with Gasteiger partial charge in [0.15, 0.2) is 0 Å². The van der Waals surface area contributed by atoms with Crippen molar-refractivity contribution in [2.24, 2.45) is 0 Å². The molecule has 3 rings (SSSR count). The van der Waals surface area contributed by atoms with E-state index in [4.69, 9.17) is 0 Å². The molecular formula is C18H17N3OS2. The minimum atomic E-state index is -0.147. The number of hydrogen-bond donors (Lipinski definition) is 1. The van der Waals surface area contributed by atoms with Gasteiger partial charge in [-0.3, -0.25) is 9.78 Å². The van der Waals surface area contributed by atoms with Gasteiger partial charge < -0.3 is 5.32 Å². The van der Waals surface area contributed by atoms with Crippen LogP contribution in [0.15, 0.2) is 59.8 Å². The molecule has 24 heavy (non-hydrogen) atoms. The Morgan fingerprint density at radius 3 is 2.67 bits per heavy atom. The Hall–Kier alpha value is -2.18. The second kappa shape index (κ2) is 7.59. The van der Waals surface area contributed by atoms with Gasteiger partial charge in [-0.25, -0.2) is 4.98 Å². The summed E-state index contributed by atoms with van der Waals surface area (Å²) in [6.45, 7) is 4.26. The first-order valence-electron chi connectivity index (χ1n) is 7.58. The van der Waals surface area contributed by atoms with E-state index in [0.717, 1.165) is 21.3 Å². The largest absolute Gasteiger partial charge is 0.320 e. The van der Waals surface area contributed by atoms with Gasteiger partial charge in [-0.15, -0.1) is 23.1 Å². The van der Waals surface area contributed by atoms with Crippen LogP contribution in [0.3, 0.4) is 0 Å². The lowest BCUT2D eigenvalue weighted by atomic mass is 10.3. The Morgan fingerprint density at radius 2 is 1.92 bits per heavy atom. The lowest BCUT2D eigenvalue weighted by molar-refractivity contribution is 0.103. The number of thiazole rings is 1. The van der Waals surface area contributed by atoms with E-state index >= 15 is 0 Å². The number of pyridine rings is 1. The van der Waals surface area contributed by atoms with E-state index in [1.165, 1.54) is 11.3 Å². The summed E-state index contributed by atoms with van der Waals surface area (Å²) in [4.78, 5) is 22.7. The highest BCUT2D eigenvalue weighted by Gasteiger charge is 2.14. The zero-order valence-corrected chi connectivity index (χ0v) is 15.0. The molecule has 122 valence electrons. The minimum Gasteiger partial charge on any atom is -0.320 e. The number of nitrogens with zero attached hydrogens (tertiary/aromatic N) is 2. The molecule has 1 N–H and O–H groups in total. The molecule has 1 amide bonds. The summed E-state index contributed by atoms with van der Waals surface area (Å²) in [5, 5.41) is 4.17. The highest BCUT2D eigenvalue weighted by Crippen LogP contribution is 2.31. The van der Waals surface area contributed by atoms with Crippen LogP contribution in [0, 0.1) is 0 Å². The third kappa shape index (κ3) is 4.01. The van der Waals surface area contributed by atoms with Crippen LogP contribution in [0.2, 0.25) is 0 Å². The molecule has 6 heteroatoms. The summed E-state index contributed by atoms with van der Waals surface area (Å²) >= 11 is 3.07. The molecule has 2 aromatic heterocycles. The fourth-order valence-corrected chi connectivity index (χ4v) is 3.80. The zero-order chi connectivity index (χ0) is 16.9. The quantitative estimate of drug-likeness (QED) is 0.657. The van der Waals surface area contributed by atoms with Gasteiger partial charge in [0.05, 0.1) is 17.6 Å². The predicted octanol–water partition coefficient (Wildman–Crippen LogP) is 4.96. The van der Waals surface area contributed by atoms with Crippen molar-refractivity contribution < 1.29 is 4.79 Å². The number of rotatable bonds is 5. The minimum absolute atomic E-state index is 0.147. The molecule has 0 unspecified atom stereocenters. The van der Waals surface area contributed by atoms with Crippen LogP contribution in [0.4, 0.5) is 5.69 Å².